The summed E-state index contributed by atoms with van der Waals surface area (Å²) >= 11 is 6.70. The Morgan fingerprint density at radius 3 is 1.63 bits per heavy atom. The third kappa shape index (κ3) is 41.8. The van der Waals surface area contributed by atoms with Gasteiger partial charge in [0.05, 0.1) is 15.6 Å². The van der Waals surface area contributed by atoms with Crippen molar-refractivity contribution in [3.63, 3.8) is 0 Å². The normalized spacial score (nSPS) is 7.53. The number of ether oxygens (including phenoxy) is 2. The fraction of sp³-hybridized carbons (Fsp3) is 0.414. The fourth-order valence-corrected chi connectivity index (χ4v) is 1.94. The van der Waals surface area contributed by atoms with Gasteiger partial charge in [-0.25, -0.2) is 4.79 Å². The molecule has 0 unspecified atom stereocenters. The molecule has 2 aromatic rings. The van der Waals surface area contributed by atoms with Gasteiger partial charge in [0.2, 0.25) is 0 Å². The lowest BCUT2D eigenvalue weighted by molar-refractivity contribution is -0.143. The summed E-state index contributed by atoms with van der Waals surface area (Å²) in [5, 5.41) is 0. The topological polar surface area (TPSA) is 89.0 Å². The molecule has 38 heavy (non-hydrogen) atoms. The summed E-state index contributed by atoms with van der Waals surface area (Å²) in [6, 6.07) is 20.0. The van der Waals surface area contributed by atoms with Crippen molar-refractivity contribution < 1.29 is 23.9 Å². The van der Waals surface area contributed by atoms with Gasteiger partial charge in [-0.15, -0.1) is 0 Å². The Bertz CT molecular complexity index is 787. The molecule has 0 N–H and O–H groups in total. The van der Waals surface area contributed by atoms with Crippen molar-refractivity contribution >= 4 is 92.0 Å². The predicted octanol–water partition coefficient (Wildman–Crippen LogP) is 9.28. The molecule has 2 rings (SSSR count). The first kappa shape index (κ1) is 46.5. The van der Waals surface area contributed by atoms with Crippen LogP contribution >= 0.6 is 67.8 Å². The number of hydrogen-bond acceptors (Lipinski definition) is 4. The first-order valence-corrected chi connectivity index (χ1v) is 17.4. The minimum Gasteiger partial charge on any atom is -0.466 e. The highest BCUT2D eigenvalue weighted by Gasteiger charge is 2.01. The average molecular weight is 866 g/mol. The Labute approximate surface area is 272 Å². The third-order valence-corrected chi connectivity index (χ3v) is 3.25. The van der Waals surface area contributed by atoms with Crippen molar-refractivity contribution in [2.24, 2.45) is 0 Å². The van der Waals surface area contributed by atoms with E-state index in [2.05, 4.69) is 83.9 Å². The number of alkyl halides is 3. The lowest BCUT2D eigenvalue weighted by Crippen LogP contribution is -2.04. The van der Waals surface area contributed by atoms with Crippen LogP contribution in [-0.4, -0.2) is 43.5 Å². The number of benzene rings is 2. The van der Waals surface area contributed by atoms with Gasteiger partial charge in [-0.1, -0.05) is 169 Å². The quantitative estimate of drug-likeness (QED) is 0.0694. The number of carbonyl (C=O) groups is 2. The maximum atomic E-state index is 11.0. The van der Waals surface area contributed by atoms with E-state index in [9.17, 15) is 9.59 Å². The number of aryl methyl sites for hydroxylation is 1. The van der Waals surface area contributed by atoms with Gasteiger partial charge in [0.25, 0.3) is 0 Å². The Balaban J connectivity index is -0.000000128. The van der Waals surface area contributed by atoms with E-state index in [-0.39, 0.29) is 5.97 Å². The second-order valence-electron chi connectivity index (χ2n) is 5.50. The second-order valence-corrected chi connectivity index (χ2v) is 9.95. The first-order chi connectivity index (χ1) is 18.5. The number of nitrogens with zero attached hydrogens (tertiary/aromatic N) is 2. The van der Waals surface area contributed by atoms with Crippen molar-refractivity contribution in [2.75, 3.05) is 20.6 Å². The molecule has 0 spiro atoms. The van der Waals surface area contributed by atoms with Gasteiger partial charge in [-0.05, 0) is 36.3 Å². The van der Waals surface area contributed by atoms with Crippen molar-refractivity contribution in [2.45, 2.75) is 54.4 Å². The van der Waals surface area contributed by atoms with Gasteiger partial charge >= 0.3 is 18.2 Å². The summed E-state index contributed by atoms with van der Waals surface area (Å²) in [7, 11) is 0. The number of esters is 2. The van der Waals surface area contributed by atoms with Gasteiger partial charge in [-0.3, -0.25) is 4.79 Å². The molecule has 0 fully saturated rings. The Morgan fingerprint density at radius 2 is 1.29 bits per heavy atom. The molecule has 0 aliphatic carbocycles. The van der Waals surface area contributed by atoms with Gasteiger partial charge in [-0.2, -0.15) is 4.79 Å². The van der Waals surface area contributed by atoms with E-state index in [1.165, 1.54) is 13.6 Å². The molecule has 0 aliphatic heterocycles. The van der Waals surface area contributed by atoms with Crippen LogP contribution in [0.4, 0.5) is 0 Å². The highest BCUT2D eigenvalue weighted by Crippen LogP contribution is 2.03. The molecule has 0 aliphatic rings. The van der Waals surface area contributed by atoms with Crippen molar-refractivity contribution in [3.05, 3.63) is 83.9 Å². The van der Waals surface area contributed by atoms with Crippen LogP contribution in [0.25, 0.3) is 11.6 Å². The van der Waals surface area contributed by atoms with Gasteiger partial charge in [0, 0.05) is 6.42 Å². The van der Waals surface area contributed by atoms with E-state index in [1.807, 2.05) is 106 Å². The van der Waals surface area contributed by atoms with Gasteiger partial charge in [0.15, 0.2) is 0 Å². The zero-order chi connectivity index (χ0) is 30.5. The number of hydrogen-bond donors (Lipinski definition) is 0. The largest absolute Gasteiger partial charge is 0.466 e. The van der Waals surface area contributed by atoms with Gasteiger partial charge in [0.1, 0.15) is 0 Å². The molecule has 0 radical (unpaired) electrons. The minimum absolute atomic E-state index is 0.119. The van der Waals surface area contributed by atoms with Crippen LogP contribution in [0.1, 0.15) is 59.1 Å². The highest BCUT2D eigenvalue weighted by molar-refractivity contribution is 14.2. The molecular formula is C29H45I3N2O4. The zero-order valence-electron chi connectivity index (χ0n) is 23.8. The predicted molar refractivity (Wildman–Crippen MR) is 190 cm³/mol. The van der Waals surface area contributed by atoms with E-state index >= 15 is 0 Å². The Morgan fingerprint density at radius 1 is 0.868 bits per heavy atom. The summed E-state index contributed by atoms with van der Waals surface area (Å²) in [6.45, 7) is 15.9. The molecule has 6 nitrogen and oxygen atoms in total. The Hall–Kier alpha value is -1.31. The monoisotopic (exact) mass is 866 g/mol. The lowest BCUT2D eigenvalue weighted by Gasteiger charge is -2.01. The molecule has 0 saturated carbocycles. The molecule has 0 bridgehead atoms. The zero-order valence-corrected chi connectivity index (χ0v) is 30.3. The molecule has 9 heteroatoms. The SMILES string of the molecule is C=Cc1ccccc1.CC.CC.CCOC(=O)C=[N+]=[N-].CCOC(=O)CCc1ccccc1.CI.ICI. The molecule has 0 saturated heterocycles. The number of halogens is 3. The van der Waals surface area contributed by atoms with Crippen LogP contribution in [-0.2, 0) is 25.5 Å². The first-order valence-electron chi connectivity index (χ1n) is 12.2. The fourth-order valence-electron chi connectivity index (χ4n) is 1.94. The summed E-state index contributed by atoms with van der Waals surface area (Å²) in [5.41, 5.74) is 10.1. The third-order valence-electron chi connectivity index (χ3n) is 3.25. The van der Waals surface area contributed by atoms with Crippen molar-refractivity contribution in [3.8, 4) is 0 Å². The number of rotatable bonds is 7. The molecule has 0 aromatic heterocycles. The molecule has 2 aromatic carbocycles. The van der Waals surface area contributed by atoms with Gasteiger partial charge < -0.3 is 15.0 Å². The van der Waals surface area contributed by atoms with E-state index in [0.717, 1.165) is 6.42 Å². The van der Waals surface area contributed by atoms with Crippen LogP contribution in [0.15, 0.2) is 67.2 Å². The summed E-state index contributed by atoms with van der Waals surface area (Å²) < 4.78 is 10.3. The molecule has 216 valence electrons. The Kier molecular flexibility index (Phi) is 55.8. The minimum atomic E-state index is -0.630. The maximum Gasteiger partial charge on any atom is 0.413 e. The molecular weight excluding hydrogens is 821 g/mol. The van der Waals surface area contributed by atoms with Crippen LogP contribution in [0, 0.1) is 0 Å². The maximum absolute atomic E-state index is 11.0. The van der Waals surface area contributed by atoms with Crippen molar-refractivity contribution in [1.82, 2.24) is 0 Å². The molecule has 0 atom stereocenters. The summed E-state index contributed by atoms with van der Waals surface area (Å²) in [6.07, 6.45) is 3.76. The van der Waals surface area contributed by atoms with Crippen LogP contribution < -0.4 is 0 Å². The summed E-state index contributed by atoms with van der Waals surface area (Å²) in [5.74, 6) is -0.749. The average Bonchev–Trinajstić information content (AvgIpc) is 2.98. The van der Waals surface area contributed by atoms with E-state index in [0.29, 0.717) is 25.8 Å². The van der Waals surface area contributed by atoms with Crippen LogP contribution in [0.3, 0.4) is 0 Å². The lowest BCUT2D eigenvalue weighted by atomic mass is 10.1. The van der Waals surface area contributed by atoms with Crippen molar-refractivity contribution in [1.29, 1.82) is 0 Å². The van der Waals surface area contributed by atoms with E-state index in [4.69, 9.17) is 10.3 Å². The standard InChI is InChI=1S/C11H14O2.C8H8.C4H6N2O2.2C2H6.CH2I2.CH3I/c1-2-13-11(12)9-8-10-6-4-3-5-7-10;1-2-8-6-4-3-5-7-8;1-2-8-4(7)3-6-5;2*1-2;2-1-3;1-2/h3-7H,2,8-9H2,1H3;2-7H,1H2;3H,2H2,1H3;2*1-2H3;1H2;1H3. The molecule has 0 heterocycles. The van der Waals surface area contributed by atoms with Crippen LogP contribution in [0.5, 0.6) is 0 Å². The smallest absolute Gasteiger partial charge is 0.413 e. The number of carbonyl (C=O) groups excluding carboxylic acids is 2. The highest BCUT2D eigenvalue weighted by atomic mass is 127. The van der Waals surface area contributed by atoms with E-state index < -0.39 is 5.97 Å². The van der Waals surface area contributed by atoms with Crippen LogP contribution in [0.2, 0.25) is 0 Å². The molecule has 0 amide bonds. The summed E-state index contributed by atoms with van der Waals surface area (Å²) in [4.78, 5) is 25.5. The second kappa shape index (κ2) is 45.6. The van der Waals surface area contributed by atoms with E-state index in [1.54, 1.807) is 6.92 Å².